The summed E-state index contributed by atoms with van der Waals surface area (Å²) in [5.74, 6) is -0.940. The molecule has 1 aliphatic carbocycles. The standard InChI is InChI=1S/C18H25FN2O3S/c19-14-7-5-8-15(13-14)25(23,24)21-12-4-2-1-3-11-20-18(22)16-9-6-10-17(16)21/h5,7-8,13,16-17H,1-4,6,9-12H2,(H,20,22). The summed E-state index contributed by atoms with van der Waals surface area (Å²) >= 11 is 0. The van der Waals surface area contributed by atoms with E-state index >= 15 is 0 Å². The Bertz CT molecular complexity index is 723. The van der Waals surface area contributed by atoms with Crippen LogP contribution in [0.4, 0.5) is 4.39 Å². The van der Waals surface area contributed by atoms with Gasteiger partial charge < -0.3 is 5.32 Å². The summed E-state index contributed by atoms with van der Waals surface area (Å²) in [5, 5.41) is 2.95. The molecule has 2 fully saturated rings. The Hall–Kier alpha value is -1.47. The van der Waals surface area contributed by atoms with Crippen molar-refractivity contribution in [1.29, 1.82) is 0 Å². The zero-order valence-electron chi connectivity index (χ0n) is 14.3. The van der Waals surface area contributed by atoms with Gasteiger partial charge in [-0.2, -0.15) is 4.31 Å². The maximum Gasteiger partial charge on any atom is 0.243 e. The second-order valence-corrected chi connectivity index (χ2v) is 8.77. The monoisotopic (exact) mass is 368 g/mol. The third-order valence-corrected chi connectivity index (χ3v) is 7.11. The van der Waals surface area contributed by atoms with Crippen molar-refractivity contribution in [3.63, 3.8) is 0 Å². The van der Waals surface area contributed by atoms with E-state index < -0.39 is 15.8 Å². The molecule has 2 unspecified atom stereocenters. The van der Waals surface area contributed by atoms with Crippen LogP contribution in [0, 0.1) is 11.7 Å². The average molecular weight is 368 g/mol. The lowest BCUT2D eigenvalue weighted by atomic mass is 10.0. The van der Waals surface area contributed by atoms with Crippen molar-refractivity contribution in [2.45, 2.75) is 55.9 Å². The summed E-state index contributed by atoms with van der Waals surface area (Å²) in [4.78, 5) is 12.5. The van der Waals surface area contributed by atoms with Crippen LogP contribution in [-0.2, 0) is 14.8 Å². The number of hydrogen-bond donors (Lipinski definition) is 1. The van der Waals surface area contributed by atoms with Crippen molar-refractivity contribution in [3.05, 3.63) is 30.1 Å². The molecule has 1 aromatic rings. The fourth-order valence-electron chi connectivity index (χ4n) is 3.91. The van der Waals surface area contributed by atoms with E-state index in [-0.39, 0.29) is 22.8 Å². The van der Waals surface area contributed by atoms with Gasteiger partial charge in [-0.15, -0.1) is 0 Å². The molecule has 1 amide bonds. The number of hydrogen-bond acceptors (Lipinski definition) is 3. The third kappa shape index (κ3) is 4.03. The van der Waals surface area contributed by atoms with E-state index in [0.29, 0.717) is 25.9 Å². The Morgan fingerprint density at radius 2 is 1.88 bits per heavy atom. The molecule has 25 heavy (non-hydrogen) atoms. The molecule has 0 spiro atoms. The third-order valence-electron chi connectivity index (χ3n) is 5.19. The fraction of sp³-hybridized carbons (Fsp3) is 0.611. The van der Waals surface area contributed by atoms with Gasteiger partial charge in [-0.1, -0.05) is 25.3 Å². The predicted molar refractivity (Wildman–Crippen MR) is 92.9 cm³/mol. The van der Waals surface area contributed by atoms with Gasteiger partial charge in [0.1, 0.15) is 5.82 Å². The van der Waals surface area contributed by atoms with Gasteiger partial charge in [-0.25, -0.2) is 12.8 Å². The molecule has 1 N–H and O–H groups in total. The molecule has 5 nitrogen and oxygen atoms in total. The molecule has 138 valence electrons. The van der Waals surface area contributed by atoms with E-state index in [1.807, 2.05) is 0 Å². The summed E-state index contributed by atoms with van der Waals surface area (Å²) in [5.41, 5.74) is 0. The van der Waals surface area contributed by atoms with E-state index in [4.69, 9.17) is 0 Å². The highest BCUT2D eigenvalue weighted by atomic mass is 32.2. The summed E-state index contributed by atoms with van der Waals surface area (Å²) in [6, 6.07) is 4.79. The van der Waals surface area contributed by atoms with Gasteiger partial charge in [0.05, 0.1) is 10.8 Å². The van der Waals surface area contributed by atoms with E-state index in [2.05, 4.69) is 5.32 Å². The molecular weight excluding hydrogens is 343 g/mol. The summed E-state index contributed by atoms with van der Waals surface area (Å²) in [7, 11) is -3.83. The fourth-order valence-corrected chi connectivity index (χ4v) is 5.67. The maximum absolute atomic E-state index is 13.6. The Kier molecular flexibility index (Phi) is 5.74. The lowest BCUT2D eigenvalue weighted by Gasteiger charge is -2.31. The van der Waals surface area contributed by atoms with Crippen molar-refractivity contribution in [2.75, 3.05) is 13.1 Å². The number of nitrogens with zero attached hydrogens (tertiary/aromatic N) is 1. The molecule has 1 heterocycles. The minimum Gasteiger partial charge on any atom is -0.356 e. The molecule has 1 saturated heterocycles. The summed E-state index contributed by atoms with van der Waals surface area (Å²) < 4.78 is 41.4. The normalized spacial score (nSPS) is 26.5. The molecule has 0 aromatic heterocycles. The number of rotatable bonds is 2. The molecule has 3 rings (SSSR count). The molecular formula is C18H25FN2O3S. The van der Waals surface area contributed by atoms with Gasteiger partial charge in [0, 0.05) is 19.1 Å². The summed E-state index contributed by atoms with van der Waals surface area (Å²) in [6.07, 6.45) is 5.76. The first kappa shape index (κ1) is 18.3. The number of carbonyl (C=O) groups excluding carboxylic acids is 1. The van der Waals surface area contributed by atoms with E-state index in [1.54, 1.807) is 0 Å². The maximum atomic E-state index is 13.6. The number of sulfonamides is 1. The lowest BCUT2D eigenvalue weighted by molar-refractivity contribution is -0.125. The highest BCUT2D eigenvalue weighted by Crippen LogP contribution is 2.34. The number of carbonyl (C=O) groups is 1. The zero-order valence-corrected chi connectivity index (χ0v) is 15.1. The Labute approximate surface area is 148 Å². The smallest absolute Gasteiger partial charge is 0.243 e. The van der Waals surface area contributed by atoms with Crippen LogP contribution in [0.25, 0.3) is 0 Å². The molecule has 2 atom stereocenters. The Morgan fingerprint density at radius 3 is 2.68 bits per heavy atom. The van der Waals surface area contributed by atoms with Crippen LogP contribution in [-0.4, -0.2) is 37.8 Å². The van der Waals surface area contributed by atoms with Crippen LogP contribution in [0.2, 0.25) is 0 Å². The highest BCUT2D eigenvalue weighted by Gasteiger charge is 2.42. The molecule has 1 saturated carbocycles. The molecule has 0 bridgehead atoms. The first-order valence-corrected chi connectivity index (χ1v) is 10.5. The van der Waals surface area contributed by atoms with E-state index in [9.17, 15) is 17.6 Å². The van der Waals surface area contributed by atoms with E-state index in [0.717, 1.165) is 38.2 Å². The van der Waals surface area contributed by atoms with Crippen molar-refractivity contribution in [1.82, 2.24) is 9.62 Å². The highest BCUT2D eigenvalue weighted by molar-refractivity contribution is 7.89. The molecule has 1 aliphatic heterocycles. The van der Waals surface area contributed by atoms with Crippen LogP contribution in [0.3, 0.4) is 0 Å². The molecule has 7 heteroatoms. The second kappa shape index (κ2) is 7.83. The first-order chi connectivity index (χ1) is 12.0. The van der Waals surface area contributed by atoms with Crippen LogP contribution in [0.15, 0.2) is 29.2 Å². The van der Waals surface area contributed by atoms with Crippen molar-refractivity contribution < 1.29 is 17.6 Å². The van der Waals surface area contributed by atoms with Gasteiger partial charge in [-0.3, -0.25) is 4.79 Å². The van der Waals surface area contributed by atoms with Crippen molar-refractivity contribution in [3.8, 4) is 0 Å². The molecule has 1 aromatic carbocycles. The van der Waals surface area contributed by atoms with E-state index in [1.165, 1.54) is 22.5 Å². The van der Waals surface area contributed by atoms with Gasteiger partial charge in [-0.05, 0) is 43.9 Å². The number of benzene rings is 1. The Balaban J connectivity index is 1.95. The van der Waals surface area contributed by atoms with Crippen molar-refractivity contribution in [2.24, 2.45) is 5.92 Å². The second-order valence-electron chi connectivity index (χ2n) is 6.88. The minimum atomic E-state index is -3.83. The number of fused-ring (bicyclic) bond motifs is 1. The topological polar surface area (TPSA) is 66.5 Å². The van der Waals surface area contributed by atoms with Crippen LogP contribution >= 0.6 is 0 Å². The Morgan fingerprint density at radius 1 is 1.08 bits per heavy atom. The van der Waals surface area contributed by atoms with Gasteiger partial charge in [0.25, 0.3) is 0 Å². The quantitative estimate of drug-likeness (QED) is 0.873. The van der Waals surface area contributed by atoms with Crippen LogP contribution in [0.5, 0.6) is 0 Å². The first-order valence-electron chi connectivity index (χ1n) is 9.05. The summed E-state index contributed by atoms with van der Waals surface area (Å²) in [6.45, 7) is 1.03. The van der Waals surface area contributed by atoms with Gasteiger partial charge in [0.2, 0.25) is 15.9 Å². The SMILES string of the molecule is O=C1NCCCCCCN(S(=O)(=O)c2cccc(F)c2)C2CCCC12. The average Bonchev–Trinajstić information content (AvgIpc) is 3.04. The number of halogens is 1. The molecule has 2 aliphatic rings. The van der Waals surface area contributed by atoms with Gasteiger partial charge in [0.15, 0.2) is 0 Å². The van der Waals surface area contributed by atoms with Crippen molar-refractivity contribution >= 4 is 15.9 Å². The molecule has 0 radical (unpaired) electrons. The van der Waals surface area contributed by atoms with Crippen LogP contribution in [0.1, 0.15) is 44.9 Å². The predicted octanol–water partition coefficient (Wildman–Crippen LogP) is 2.68. The number of amides is 1. The van der Waals surface area contributed by atoms with Gasteiger partial charge >= 0.3 is 0 Å². The lowest BCUT2D eigenvalue weighted by Crippen LogP contribution is -2.47. The largest absolute Gasteiger partial charge is 0.356 e. The van der Waals surface area contributed by atoms with Crippen LogP contribution < -0.4 is 5.32 Å². The number of nitrogens with one attached hydrogen (secondary N) is 1. The zero-order chi connectivity index (χ0) is 17.9. The minimum absolute atomic E-state index is 0.0339.